The van der Waals surface area contributed by atoms with Crippen molar-refractivity contribution < 1.29 is 68.1 Å². The van der Waals surface area contributed by atoms with Crippen molar-refractivity contribution in [3.63, 3.8) is 0 Å². The Morgan fingerprint density at radius 1 is 0.881 bits per heavy atom. The minimum atomic E-state index is -2.44. The molecule has 0 aromatic rings. The number of hydrogen-bond acceptors (Lipinski definition) is 14. The number of amides is 1. The minimum Gasteiger partial charge on any atom is -0.460 e. The number of fused-ring (bicyclic) bond motifs is 3. The van der Waals surface area contributed by atoms with Crippen molar-refractivity contribution in [1.82, 2.24) is 4.90 Å². The van der Waals surface area contributed by atoms with E-state index in [0.717, 1.165) is 5.57 Å². The maximum absolute atomic E-state index is 14.4. The van der Waals surface area contributed by atoms with Gasteiger partial charge in [-0.15, -0.1) is 0 Å². The number of hydrogen-bond donors (Lipinski definition) is 4. The molecule has 4 aliphatic rings. The van der Waals surface area contributed by atoms with Gasteiger partial charge in [-0.1, -0.05) is 71.1 Å². The molecule has 0 unspecified atom stereocenters. The van der Waals surface area contributed by atoms with Crippen LogP contribution in [0.4, 0.5) is 0 Å². The Morgan fingerprint density at radius 2 is 1.61 bits per heavy atom. The third kappa shape index (κ3) is 15.3. The van der Waals surface area contributed by atoms with Crippen LogP contribution in [0.25, 0.3) is 0 Å². The average molecular weight is 944 g/mol. The number of aliphatic hydroxyl groups excluding tert-OH is 3. The van der Waals surface area contributed by atoms with Crippen LogP contribution < -0.4 is 0 Å². The molecule has 67 heavy (non-hydrogen) atoms. The van der Waals surface area contributed by atoms with Crippen LogP contribution in [0.2, 0.25) is 0 Å². The van der Waals surface area contributed by atoms with E-state index in [9.17, 15) is 44.4 Å². The number of ether oxygens (including phenoxy) is 5. The van der Waals surface area contributed by atoms with Crippen molar-refractivity contribution in [2.24, 2.45) is 35.5 Å². The Kier molecular flexibility index (Phi) is 22.3. The standard InChI is InChI=1S/C52H81NO14/c1-31-15-11-10-12-16-32(2)44(63-8)29-39-20-18-37(7)52(62,67-39)49(59)50(60)53-22-14-13-17-40(53)51(61)66-45(34(4)27-38-19-21-43(42(56)28-38)65-24-23-54)30-41(55)33(3)26-36(6)47(58)48(64-9)46(57)35(5)25-31/h10-12,15-16,26,31,33-35,37-40,42-45,47-48,54,56,58,62H,13-14,17-25,27-30H2,1-9H3/b12-10?,15-11-,32-16?,36-26+/t31-,33-,34-,35-,37-,38+,39+,40+,42-,43-,44+,45+,47-,48+,52-/m1/s1. The average Bonchev–Trinajstić information content (AvgIpc) is 3.30. The summed E-state index contributed by atoms with van der Waals surface area (Å²) < 4.78 is 29.4. The predicted octanol–water partition coefficient (Wildman–Crippen LogP) is 5.54. The summed E-state index contributed by atoms with van der Waals surface area (Å²) in [5, 5.41) is 43.5. The van der Waals surface area contributed by atoms with Crippen molar-refractivity contribution in [1.29, 1.82) is 0 Å². The molecule has 1 aliphatic carbocycles. The number of esters is 1. The first-order valence-electron chi connectivity index (χ1n) is 24.6. The third-order valence-electron chi connectivity index (χ3n) is 14.6. The Bertz CT molecular complexity index is 1790. The molecule has 0 radical (unpaired) electrons. The molecule has 15 nitrogen and oxygen atoms in total. The van der Waals surface area contributed by atoms with E-state index in [2.05, 4.69) is 0 Å². The molecule has 3 aliphatic heterocycles. The molecular formula is C52H81NO14. The number of aliphatic hydroxyl groups is 4. The number of nitrogens with zero attached hydrogens (tertiary/aromatic N) is 1. The highest BCUT2D eigenvalue weighted by Crippen LogP contribution is 2.38. The number of allylic oxidation sites excluding steroid dienone is 6. The largest absolute Gasteiger partial charge is 0.460 e. The Hall–Kier alpha value is -3.41. The number of methoxy groups -OCH3 is 2. The van der Waals surface area contributed by atoms with Gasteiger partial charge < -0.3 is 49.0 Å². The molecule has 4 rings (SSSR count). The van der Waals surface area contributed by atoms with Gasteiger partial charge in [0, 0.05) is 51.4 Å². The van der Waals surface area contributed by atoms with Gasteiger partial charge >= 0.3 is 5.97 Å². The van der Waals surface area contributed by atoms with E-state index in [-0.39, 0.29) is 56.0 Å². The first kappa shape index (κ1) is 56.2. The molecule has 0 aromatic carbocycles. The Balaban J connectivity index is 1.69. The fourth-order valence-electron chi connectivity index (χ4n) is 10.3. The van der Waals surface area contributed by atoms with E-state index in [4.69, 9.17) is 23.7 Å². The Morgan fingerprint density at radius 3 is 2.28 bits per heavy atom. The van der Waals surface area contributed by atoms with Crippen LogP contribution in [0.1, 0.15) is 126 Å². The Labute approximate surface area is 398 Å². The number of cyclic esters (lactones) is 1. The van der Waals surface area contributed by atoms with Crippen LogP contribution in [0, 0.1) is 35.5 Å². The summed E-state index contributed by atoms with van der Waals surface area (Å²) >= 11 is 0. The number of carbonyl (C=O) groups is 5. The molecule has 3 fully saturated rings. The third-order valence-corrected chi connectivity index (χ3v) is 14.6. The maximum atomic E-state index is 14.4. The smallest absolute Gasteiger partial charge is 0.329 e. The summed E-state index contributed by atoms with van der Waals surface area (Å²) in [5.74, 6) is -8.29. The van der Waals surface area contributed by atoms with Gasteiger partial charge in [-0.25, -0.2) is 4.79 Å². The highest BCUT2D eigenvalue weighted by atomic mass is 16.6. The zero-order chi connectivity index (χ0) is 49.6. The van der Waals surface area contributed by atoms with Gasteiger partial charge in [0.2, 0.25) is 5.79 Å². The van der Waals surface area contributed by atoms with Crippen LogP contribution in [0.15, 0.2) is 47.6 Å². The van der Waals surface area contributed by atoms with Crippen molar-refractivity contribution in [2.45, 2.75) is 180 Å². The van der Waals surface area contributed by atoms with Gasteiger partial charge in [-0.3, -0.25) is 19.2 Å². The van der Waals surface area contributed by atoms with Crippen molar-refractivity contribution in [3.8, 4) is 0 Å². The maximum Gasteiger partial charge on any atom is 0.329 e. The van der Waals surface area contributed by atoms with Gasteiger partial charge in [-0.05, 0) is 107 Å². The number of rotatable bonds is 8. The second kappa shape index (κ2) is 26.5. The van der Waals surface area contributed by atoms with Crippen LogP contribution in [0.3, 0.4) is 0 Å². The summed E-state index contributed by atoms with van der Waals surface area (Å²) in [6.45, 7) is 12.6. The highest BCUT2D eigenvalue weighted by molar-refractivity contribution is 6.39. The summed E-state index contributed by atoms with van der Waals surface area (Å²) in [7, 11) is 2.94. The van der Waals surface area contributed by atoms with Gasteiger partial charge in [0.05, 0.1) is 37.6 Å². The van der Waals surface area contributed by atoms with E-state index in [1.165, 1.54) is 12.0 Å². The molecule has 2 saturated heterocycles. The predicted molar refractivity (Wildman–Crippen MR) is 251 cm³/mol. The molecular weight excluding hydrogens is 863 g/mol. The van der Waals surface area contributed by atoms with E-state index in [1.54, 1.807) is 40.9 Å². The van der Waals surface area contributed by atoms with E-state index < -0.39 is 95.9 Å². The van der Waals surface area contributed by atoms with Crippen LogP contribution in [-0.4, -0.2) is 143 Å². The molecule has 378 valence electrons. The van der Waals surface area contributed by atoms with Gasteiger partial charge in [0.15, 0.2) is 5.78 Å². The second-order valence-electron chi connectivity index (χ2n) is 19.9. The molecule has 0 aromatic heterocycles. The molecule has 0 spiro atoms. The van der Waals surface area contributed by atoms with Crippen LogP contribution in [-0.2, 0) is 47.7 Å². The molecule has 4 N–H and O–H groups in total. The summed E-state index contributed by atoms with van der Waals surface area (Å²) in [6, 6.07) is -1.16. The SMILES string of the molecule is CO[C@H]1C[C@@H]2CC[C@@H](C)[C@@](O)(O2)C(=O)C(=O)N2CCCC[C@H]2C(=O)O[C@H]([C@H](C)C[C@@H]2CC[C@@H](OCCO)[C@H](O)C2)CC(=O)[C@H](C)/C=C(\C)[C@@H](O)[C@@H](OC)C(=O)[C@H](C)C[C@H](C)/C=C\C=CC=C1C. The molecule has 15 atom stereocenters. The van der Waals surface area contributed by atoms with E-state index in [0.29, 0.717) is 69.8 Å². The van der Waals surface area contributed by atoms with Crippen LogP contribution in [0.5, 0.6) is 0 Å². The topological polar surface area (TPSA) is 216 Å². The number of carbonyl (C=O) groups excluding carboxylic acids is 5. The fourth-order valence-corrected chi connectivity index (χ4v) is 10.3. The molecule has 2 bridgehead atoms. The van der Waals surface area contributed by atoms with Crippen molar-refractivity contribution >= 4 is 29.2 Å². The normalized spacial score (nSPS) is 38.3. The van der Waals surface area contributed by atoms with Gasteiger partial charge in [-0.2, -0.15) is 0 Å². The number of piperidine rings is 1. The first-order chi connectivity index (χ1) is 31.7. The van der Waals surface area contributed by atoms with E-state index in [1.807, 2.05) is 51.2 Å². The lowest BCUT2D eigenvalue weighted by molar-refractivity contribution is -0.265. The minimum absolute atomic E-state index is 0.00499. The van der Waals surface area contributed by atoms with Crippen LogP contribution >= 0.6 is 0 Å². The quantitative estimate of drug-likeness (QED) is 0.134. The van der Waals surface area contributed by atoms with Gasteiger partial charge in [0.25, 0.3) is 11.7 Å². The summed E-state index contributed by atoms with van der Waals surface area (Å²) in [5.41, 5.74) is 1.24. The second-order valence-corrected chi connectivity index (χ2v) is 19.9. The highest BCUT2D eigenvalue weighted by Gasteiger charge is 2.53. The molecule has 1 amide bonds. The van der Waals surface area contributed by atoms with Crippen molar-refractivity contribution in [2.75, 3.05) is 34.0 Å². The molecule has 15 heteroatoms. The molecule has 1 saturated carbocycles. The van der Waals surface area contributed by atoms with Gasteiger partial charge in [0.1, 0.15) is 30.1 Å². The van der Waals surface area contributed by atoms with E-state index >= 15 is 0 Å². The lowest BCUT2D eigenvalue weighted by Crippen LogP contribution is -2.61. The fraction of sp³-hybridized carbons (Fsp3) is 0.750. The lowest BCUT2D eigenvalue weighted by Gasteiger charge is -2.42. The number of Topliss-reactive ketones (excluding diaryl/α,β-unsaturated/α-hetero) is 3. The zero-order valence-electron chi connectivity index (χ0n) is 41.5. The lowest BCUT2D eigenvalue weighted by atomic mass is 9.78. The molecule has 3 heterocycles. The monoisotopic (exact) mass is 944 g/mol. The first-order valence-corrected chi connectivity index (χ1v) is 24.6. The summed E-state index contributed by atoms with van der Waals surface area (Å²) in [4.78, 5) is 71.9. The summed E-state index contributed by atoms with van der Waals surface area (Å²) in [6.07, 6.45) is 10.4. The zero-order valence-corrected chi connectivity index (χ0v) is 41.5. The number of ketones is 3. The van der Waals surface area contributed by atoms with Crippen molar-refractivity contribution in [3.05, 3.63) is 47.6 Å².